The van der Waals surface area contributed by atoms with Gasteiger partial charge in [-0.1, -0.05) is 11.6 Å². The van der Waals surface area contributed by atoms with Gasteiger partial charge in [0.05, 0.1) is 0 Å². The fraction of sp³-hybridized carbons (Fsp3) is 0.300. The summed E-state index contributed by atoms with van der Waals surface area (Å²) in [6, 6.07) is 1.40. The summed E-state index contributed by atoms with van der Waals surface area (Å²) in [7, 11) is -1.92. The largest absolute Gasteiger partial charge is 0.321 e. The number of hydrogen-bond donors (Lipinski definition) is 1. The number of halogens is 2. The molecule has 2 heterocycles. The highest BCUT2D eigenvalue weighted by atomic mass is 79.9. The quantitative estimate of drug-likeness (QED) is 0.786. The molecular formula is C10H11BrClN5O2S. The number of aromatic nitrogens is 4. The average molecular weight is 381 g/mol. The first-order valence-electron chi connectivity index (χ1n) is 5.54. The van der Waals surface area contributed by atoms with Crippen LogP contribution in [0.25, 0.3) is 0 Å². The fourth-order valence-corrected chi connectivity index (χ4v) is 3.47. The van der Waals surface area contributed by atoms with Crippen LogP contribution in [-0.4, -0.2) is 34.7 Å². The molecular weight excluding hydrogens is 370 g/mol. The molecule has 0 aromatic carbocycles. The molecule has 0 saturated heterocycles. The van der Waals surface area contributed by atoms with E-state index in [9.17, 15) is 8.42 Å². The third kappa shape index (κ3) is 3.54. The predicted octanol–water partition coefficient (Wildman–Crippen LogP) is 1.15. The van der Waals surface area contributed by atoms with Crippen molar-refractivity contribution in [2.45, 2.75) is 11.3 Å². The number of rotatable bonds is 5. The van der Waals surface area contributed by atoms with Crippen molar-refractivity contribution in [3.05, 3.63) is 34.0 Å². The summed E-state index contributed by atoms with van der Waals surface area (Å²) in [6.45, 7) is 0.192. The van der Waals surface area contributed by atoms with Gasteiger partial charge in [-0.25, -0.2) is 18.1 Å². The molecule has 0 unspecified atom stereocenters. The second-order valence-corrected chi connectivity index (χ2v) is 6.96. The zero-order chi connectivity index (χ0) is 14.8. The molecule has 0 fully saturated rings. The van der Waals surface area contributed by atoms with Gasteiger partial charge < -0.3 is 4.57 Å². The van der Waals surface area contributed by atoms with Gasteiger partial charge in [0, 0.05) is 30.7 Å². The number of nitrogens with one attached hydrogen (secondary N) is 1. The topological polar surface area (TPSA) is 89.8 Å². The Kier molecular flexibility index (Phi) is 4.74. The van der Waals surface area contributed by atoms with Crippen molar-refractivity contribution in [1.82, 2.24) is 24.5 Å². The second kappa shape index (κ2) is 6.17. The molecule has 0 aliphatic carbocycles. The zero-order valence-electron chi connectivity index (χ0n) is 10.4. The van der Waals surface area contributed by atoms with Gasteiger partial charge >= 0.3 is 0 Å². The Hall–Kier alpha value is -1.03. The monoisotopic (exact) mass is 379 g/mol. The van der Waals surface area contributed by atoms with E-state index < -0.39 is 10.0 Å². The molecule has 2 rings (SSSR count). The van der Waals surface area contributed by atoms with Crippen molar-refractivity contribution < 1.29 is 8.42 Å². The Balaban J connectivity index is 2.08. The van der Waals surface area contributed by atoms with E-state index in [1.54, 1.807) is 17.9 Å². The number of pyridine rings is 1. The van der Waals surface area contributed by atoms with Crippen LogP contribution < -0.4 is 4.72 Å². The van der Waals surface area contributed by atoms with E-state index in [1.165, 1.54) is 12.3 Å². The molecule has 2 aromatic rings. The lowest BCUT2D eigenvalue weighted by molar-refractivity contribution is 0.579. The number of hydrogen-bond acceptors (Lipinski definition) is 5. The maximum Gasteiger partial charge on any atom is 0.243 e. The molecule has 108 valence electrons. The summed E-state index contributed by atoms with van der Waals surface area (Å²) in [5.74, 6) is 0.686. The van der Waals surface area contributed by atoms with Gasteiger partial charge in [-0.15, -0.1) is 10.2 Å². The highest BCUT2D eigenvalue weighted by Crippen LogP contribution is 2.22. The smallest absolute Gasteiger partial charge is 0.243 e. The summed E-state index contributed by atoms with van der Waals surface area (Å²) in [4.78, 5) is 3.73. The Morgan fingerprint density at radius 3 is 2.90 bits per heavy atom. The Morgan fingerprint density at radius 1 is 1.50 bits per heavy atom. The van der Waals surface area contributed by atoms with Gasteiger partial charge in [0.1, 0.15) is 22.2 Å². The molecule has 7 nitrogen and oxygen atoms in total. The molecule has 0 atom stereocenters. The van der Waals surface area contributed by atoms with Gasteiger partial charge in [-0.3, -0.25) is 0 Å². The van der Waals surface area contributed by atoms with Crippen LogP contribution in [0, 0.1) is 0 Å². The van der Waals surface area contributed by atoms with Gasteiger partial charge in [0.2, 0.25) is 10.0 Å². The van der Waals surface area contributed by atoms with Gasteiger partial charge in [-0.2, -0.15) is 0 Å². The first kappa shape index (κ1) is 15.4. The molecule has 0 saturated carbocycles. The highest BCUT2D eigenvalue weighted by Gasteiger charge is 2.19. The van der Waals surface area contributed by atoms with Crippen molar-refractivity contribution in [3.8, 4) is 0 Å². The van der Waals surface area contributed by atoms with E-state index in [0.717, 1.165) is 0 Å². The first-order valence-corrected chi connectivity index (χ1v) is 8.19. The van der Waals surface area contributed by atoms with Crippen molar-refractivity contribution in [2.75, 3.05) is 6.54 Å². The van der Waals surface area contributed by atoms with E-state index in [-0.39, 0.29) is 16.6 Å². The van der Waals surface area contributed by atoms with Crippen LogP contribution >= 0.6 is 27.5 Å². The van der Waals surface area contributed by atoms with Crippen LogP contribution in [0.3, 0.4) is 0 Å². The van der Waals surface area contributed by atoms with Crippen LogP contribution in [0.5, 0.6) is 0 Å². The lowest BCUT2D eigenvalue weighted by Crippen LogP contribution is -2.27. The number of aryl methyl sites for hydroxylation is 1. The molecule has 0 radical (unpaired) electrons. The maximum absolute atomic E-state index is 12.1. The van der Waals surface area contributed by atoms with Crippen LogP contribution in [0.2, 0.25) is 5.15 Å². The van der Waals surface area contributed by atoms with E-state index in [4.69, 9.17) is 11.6 Å². The van der Waals surface area contributed by atoms with Gasteiger partial charge in [0.15, 0.2) is 0 Å². The molecule has 0 bridgehead atoms. The summed E-state index contributed by atoms with van der Waals surface area (Å²) in [5.41, 5.74) is 0. The normalized spacial score (nSPS) is 11.8. The predicted molar refractivity (Wildman–Crippen MR) is 76.8 cm³/mol. The Bertz CT molecular complexity index is 718. The van der Waals surface area contributed by atoms with E-state index in [0.29, 0.717) is 16.7 Å². The number of nitrogens with zero attached hydrogens (tertiary/aromatic N) is 4. The summed E-state index contributed by atoms with van der Waals surface area (Å²) in [6.07, 6.45) is 3.41. The van der Waals surface area contributed by atoms with Crippen LogP contribution in [0.4, 0.5) is 0 Å². The maximum atomic E-state index is 12.1. The van der Waals surface area contributed by atoms with Crippen LogP contribution in [0.15, 0.2) is 28.0 Å². The van der Waals surface area contributed by atoms with Crippen molar-refractivity contribution >= 4 is 37.6 Å². The highest BCUT2D eigenvalue weighted by molar-refractivity contribution is 9.10. The summed E-state index contributed by atoms with van der Waals surface area (Å²) >= 11 is 8.97. The van der Waals surface area contributed by atoms with E-state index in [1.807, 2.05) is 0 Å². The Morgan fingerprint density at radius 2 is 2.25 bits per heavy atom. The lowest BCUT2D eigenvalue weighted by atomic mass is 10.4. The summed E-state index contributed by atoms with van der Waals surface area (Å²) in [5, 5.41) is 7.52. The lowest BCUT2D eigenvalue weighted by Gasteiger charge is -2.08. The third-order valence-electron chi connectivity index (χ3n) is 2.51. The van der Waals surface area contributed by atoms with E-state index >= 15 is 0 Å². The molecule has 0 aliphatic rings. The Labute approximate surface area is 129 Å². The molecule has 0 aliphatic heterocycles. The molecule has 1 N–H and O–H groups in total. The molecule has 20 heavy (non-hydrogen) atoms. The van der Waals surface area contributed by atoms with Crippen molar-refractivity contribution in [2.24, 2.45) is 7.05 Å². The molecule has 10 heteroatoms. The van der Waals surface area contributed by atoms with Crippen molar-refractivity contribution in [1.29, 1.82) is 0 Å². The SMILES string of the molecule is Cn1cnnc1CCNS(=O)(=O)c1cc(Br)cnc1Cl. The fourth-order valence-electron chi connectivity index (χ4n) is 1.50. The molecule has 0 spiro atoms. The molecule has 0 amide bonds. The van der Waals surface area contributed by atoms with Crippen LogP contribution in [-0.2, 0) is 23.5 Å². The van der Waals surface area contributed by atoms with Crippen LogP contribution in [0.1, 0.15) is 5.82 Å². The zero-order valence-corrected chi connectivity index (χ0v) is 13.6. The van der Waals surface area contributed by atoms with E-state index in [2.05, 4.69) is 35.8 Å². The summed E-state index contributed by atoms with van der Waals surface area (Å²) < 4.78 is 29.0. The van der Waals surface area contributed by atoms with Crippen molar-refractivity contribution in [3.63, 3.8) is 0 Å². The van der Waals surface area contributed by atoms with Gasteiger partial charge in [-0.05, 0) is 22.0 Å². The second-order valence-electron chi connectivity index (χ2n) is 3.95. The molecule has 2 aromatic heterocycles. The third-order valence-corrected chi connectivity index (χ3v) is 4.83. The first-order chi connectivity index (χ1) is 9.40. The minimum atomic E-state index is -3.71. The minimum Gasteiger partial charge on any atom is -0.321 e. The number of sulfonamides is 1. The van der Waals surface area contributed by atoms with Gasteiger partial charge in [0.25, 0.3) is 0 Å². The minimum absolute atomic E-state index is 0.0634. The standard InChI is InChI=1S/C10H11BrClN5O2S/c1-17-6-14-16-9(17)2-3-15-20(18,19)8-4-7(11)5-13-10(8)12/h4-6,15H,2-3H2,1H3. The average Bonchev–Trinajstić information content (AvgIpc) is 2.78.